The average molecular weight is 307 g/mol. The number of aryl methyl sites for hydroxylation is 1. The molecule has 0 amide bonds. The quantitative estimate of drug-likeness (QED) is 0.880. The number of aromatic nitrogens is 2. The molecular formula is C16H29N5O. The average Bonchev–Trinajstić information content (AvgIpc) is 2.46. The van der Waals surface area contributed by atoms with Gasteiger partial charge in [0.15, 0.2) is 0 Å². The first kappa shape index (κ1) is 17.0. The van der Waals surface area contributed by atoms with Crippen molar-refractivity contribution >= 4 is 11.8 Å². The van der Waals surface area contributed by atoms with Crippen LogP contribution >= 0.6 is 0 Å². The minimum absolute atomic E-state index is 0.281. The van der Waals surface area contributed by atoms with Crippen molar-refractivity contribution in [2.75, 3.05) is 50.1 Å². The van der Waals surface area contributed by atoms with Crippen LogP contribution in [0, 0.1) is 6.92 Å². The van der Waals surface area contributed by atoms with E-state index in [0.29, 0.717) is 6.04 Å². The number of rotatable bonds is 5. The highest BCUT2D eigenvalue weighted by Gasteiger charge is 2.28. The minimum atomic E-state index is -0.281. The Kier molecular flexibility index (Phi) is 5.58. The third-order valence-corrected chi connectivity index (χ3v) is 4.14. The first-order valence-corrected chi connectivity index (χ1v) is 8.10. The maximum Gasteiger partial charge on any atom is 0.227 e. The Balaban J connectivity index is 2.14. The van der Waals surface area contributed by atoms with Gasteiger partial charge in [0.25, 0.3) is 0 Å². The fraction of sp³-hybridized carbons (Fsp3) is 0.750. The lowest BCUT2D eigenvalue weighted by Crippen LogP contribution is -2.55. The maximum absolute atomic E-state index is 9.65. The molecule has 1 saturated heterocycles. The Morgan fingerprint density at radius 2 is 2.09 bits per heavy atom. The molecule has 6 nitrogen and oxygen atoms in total. The van der Waals surface area contributed by atoms with Gasteiger partial charge in [-0.3, -0.25) is 4.90 Å². The number of β-amino-alcohol motifs (C(OH)–C–C–N with tert-alkyl or cyclic N) is 1. The van der Waals surface area contributed by atoms with E-state index in [9.17, 15) is 5.11 Å². The maximum atomic E-state index is 9.65. The molecular weight excluding hydrogens is 278 g/mol. The second-order valence-electron chi connectivity index (χ2n) is 6.41. The Hall–Kier alpha value is -1.40. The van der Waals surface area contributed by atoms with Gasteiger partial charge in [0.05, 0.1) is 6.10 Å². The van der Waals surface area contributed by atoms with Gasteiger partial charge in [-0.1, -0.05) is 6.92 Å². The van der Waals surface area contributed by atoms with Crippen molar-refractivity contribution < 1.29 is 5.11 Å². The number of hydrogen-bond donors (Lipinski definition) is 1. The lowest BCUT2D eigenvalue weighted by atomic mass is 10.1. The predicted octanol–water partition coefficient (Wildman–Crippen LogP) is 1.13. The zero-order valence-corrected chi connectivity index (χ0v) is 14.5. The highest BCUT2D eigenvalue weighted by molar-refractivity contribution is 5.45. The van der Waals surface area contributed by atoms with Crippen LogP contribution in [-0.4, -0.2) is 72.4 Å². The van der Waals surface area contributed by atoms with E-state index in [0.717, 1.165) is 50.1 Å². The number of aliphatic hydroxyl groups is 1. The molecule has 2 atom stereocenters. The first-order chi connectivity index (χ1) is 10.4. The van der Waals surface area contributed by atoms with E-state index in [-0.39, 0.29) is 6.10 Å². The zero-order chi connectivity index (χ0) is 16.3. The molecule has 124 valence electrons. The largest absolute Gasteiger partial charge is 0.392 e. The Morgan fingerprint density at radius 1 is 1.36 bits per heavy atom. The highest BCUT2D eigenvalue weighted by atomic mass is 16.3. The Bertz CT molecular complexity index is 491. The fourth-order valence-corrected chi connectivity index (χ4v) is 2.95. The van der Waals surface area contributed by atoms with E-state index in [1.165, 1.54) is 0 Å². The number of nitrogens with zero attached hydrogens (tertiary/aromatic N) is 5. The van der Waals surface area contributed by atoms with Crippen LogP contribution in [0.4, 0.5) is 11.8 Å². The van der Waals surface area contributed by atoms with Gasteiger partial charge in [-0.15, -0.1) is 0 Å². The fourth-order valence-electron chi connectivity index (χ4n) is 2.95. The van der Waals surface area contributed by atoms with Crippen molar-refractivity contribution in [1.29, 1.82) is 0 Å². The second kappa shape index (κ2) is 7.24. The van der Waals surface area contributed by atoms with E-state index in [1.807, 2.05) is 38.9 Å². The number of hydrogen-bond acceptors (Lipinski definition) is 6. The van der Waals surface area contributed by atoms with E-state index in [2.05, 4.69) is 26.7 Å². The smallest absolute Gasteiger partial charge is 0.227 e. The summed E-state index contributed by atoms with van der Waals surface area (Å²) in [5.41, 5.74) is 0.994. The predicted molar refractivity (Wildman–Crippen MR) is 90.6 cm³/mol. The van der Waals surface area contributed by atoms with E-state index in [4.69, 9.17) is 0 Å². The van der Waals surface area contributed by atoms with Crippen LogP contribution in [0.3, 0.4) is 0 Å². The normalized spacial score (nSPS) is 21.0. The van der Waals surface area contributed by atoms with Crippen molar-refractivity contribution in [3.63, 3.8) is 0 Å². The number of anilines is 2. The summed E-state index contributed by atoms with van der Waals surface area (Å²) in [4.78, 5) is 16.0. The SMILES string of the molecule is CC[C@@H]1CN(c2nc(C)cc(N(C)C)n2)CCN1C[C@H](C)O. The molecule has 2 heterocycles. The summed E-state index contributed by atoms with van der Waals surface area (Å²) in [6.45, 7) is 9.57. The van der Waals surface area contributed by atoms with E-state index < -0.39 is 0 Å². The van der Waals surface area contributed by atoms with Gasteiger partial charge in [0.1, 0.15) is 5.82 Å². The van der Waals surface area contributed by atoms with Gasteiger partial charge < -0.3 is 14.9 Å². The van der Waals surface area contributed by atoms with Crippen molar-refractivity contribution in [3.05, 3.63) is 11.8 Å². The number of aliphatic hydroxyl groups excluding tert-OH is 1. The molecule has 1 aromatic rings. The van der Waals surface area contributed by atoms with Crippen LogP contribution < -0.4 is 9.80 Å². The lowest BCUT2D eigenvalue weighted by Gasteiger charge is -2.41. The molecule has 0 spiro atoms. The molecule has 1 aliphatic heterocycles. The summed E-state index contributed by atoms with van der Waals surface area (Å²) in [7, 11) is 4.00. The van der Waals surface area contributed by atoms with Crippen LogP contribution in [0.5, 0.6) is 0 Å². The molecule has 1 fully saturated rings. The molecule has 1 aliphatic rings. The van der Waals surface area contributed by atoms with Crippen LogP contribution in [0.2, 0.25) is 0 Å². The molecule has 0 saturated carbocycles. The molecule has 1 N–H and O–H groups in total. The molecule has 6 heteroatoms. The van der Waals surface area contributed by atoms with Crippen molar-refractivity contribution in [3.8, 4) is 0 Å². The van der Waals surface area contributed by atoms with Gasteiger partial charge in [-0.25, -0.2) is 4.98 Å². The standard InChI is InChI=1S/C16H29N5O/c1-6-14-11-21(8-7-20(14)10-13(3)22)16-17-12(2)9-15(18-16)19(4)5/h9,13-14,22H,6-8,10-11H2,1-5H3/t13-,14+/m0/s1. The van der Waals surface area contributed by atoms with E-state index >= 15 is 0 Å². The van der Waals surface area contributed by atoms with Gasteiger partial charge in [0.2, 0.25) is 5.95 Å². The third kappa shape index (κ3) is 4.08. The zero-order valence-electron chi connectivity index (χ0n) is 14.5. The lowest BCUT2D eigenvalue weighted by molar-refractivity contribution is 0.0882. The van der Waals surface area contributed by atoms with E-state index in [1.54, 1.807) is 0 Å². The first-order valence-electron chi connectivity index (χ1n) is 8.10. The summed E-state index contributed by atoms with van der Waals surface area (Å²) in [6.07, 6.45) is 0.784. The molecule has 2 rings (SSSR count). The molecule has 22 heavy (non-hydrogen) atoms. The minimum Gasteiger partial charge on any atom is -0.392 e. The third-order valence-electron chi connectivity index (χ3n) is 4.14. The van der Waals surface area contributed by atoms with Crippen LogP contribution in [0.1, 0.15) is 26.0 Å². The van der Waals surface area contributed by atoms with Crippen molar-refractivity contribution in [2.45, 2.75) is 39.3 Å². The second-order valence-corrected chi connectivity index (χ2v) is 6.41. The Labute approximate surface area is 133 Å². The van der Waals surface area contributed by atoms with Gasteiger partial charge >= 0.3 is 0 Å². The van der Waals surface area contributed by atoms with Crippen molar-refractivity contribution in [1.82, 2.24) is 14.9 Å². The molecule has 0 radical (unpaired) electrons. The summed E-state index contributed by atoms with van der Waals surface area (Å²) in [5, 5.41) is 9.65. The molecule has 0 bridgehead atoms. The van der Waals surface area contributed by atoms with Gasteiger partial charge in [-0.05, 0) is 20.3 Å². The molecule has 0 aromatic carbocycles. The van der Waals surface area contributed by atoms with Crippen LogP contribution in [0.25, 0.3) is 0 Å². The molecule has 1 aromatic heterocycles. The number of piperazine rings is 1. The van der Waals surface area contributed by atoms with Crippen LogP contribution in [0.15, 0.2) is 6.07 Å². The highest BCUT2D eigenvalue weighted by Crippen LogP contribution is 2.20. The molecule has 0 unspecified atom stereocenters. The van der Waals surface area contributed by atoms with Crippen molar-refractivity contribution in [2.24, 2.45) is 0 Å². The summed E-state index contributed by atoms with van der Waals surface area (Å²) >= 11 is 0. The summed E-state index contributed by atoms with van der Waals surface area (Å²) in [6, 6.07) is 2.44. The van der Waals surface area contributed by atoms with Gasteiger partial charge in [0, 0.05) is 58.1 Å². The molecule has 0 aliphatic carbocycles. The van der Waals surface area contributed by atoms with Gasteiger partial charge in [-0.2, -0.15) is 4.98 Å². The Morgan fingerprint density at radius 3 is 2.68 bits per heavy atom. The topological polar surface area (TPSA) is 55.7 Å². The van der Waals surface area contributed by atoms with Crippen LogP contribution in [-0.2, 0) is 0 Å². The summed E-state index contributed by atoms with van der Waals surface area (Å²) in [5.74, 6) is 1.76. The monoisotopic (exact) mass is 307 g/mol. The summed E-state index contributed by atoms with van der Waals surface area (Å²) < 4.78 is 0.